The molecule has 3 heterocycles. The molecule has 0 fully saturated rings. The van der Waals surface area contributed by atoms with E-state index in [1.165, 1.54) is 33.8 Å². The number of para-hydroxylation sites is 1. The molecule has 6 rings (SSSR count). The molecule has 31 heavy (non-hydrogen) atoms. The first-order valence-corrected chi connectivity index (χ1v) is 11.6. The van der Waals surface area contributed by atoms with Crippen LogP contribution in [0, 0.1) is 0 Å². The Labute approximate surface area is 190 Å². The Morgan fingerprint density at radius 3 is 2.94 bits per heavy atom. The second-order valence-corrected chi connectivity index (χ2v) is 9.10. The molecular formula is C25H24BrN5. The lowest BCUT2D eigenvalue weighted by molar-refractivity contribution is 0.682. The van der Waals surface area contributed by atoms with Gasteiger partial charge < -0.3 is 14.8 Å². The number of fused-ring (bicyclic) bond motifs is 5. The third-order valence-electron chi connectivity index (χ3n) is 6.41. The summed E-state index contributed by atoms with van der Waals surface area (Å²) in [6, 6.07) is 17.3. The Morgan fingerprint density at radius 2 is 2.03 bits per heavy atom. The molecule has 0 amide bonds. The first-order chi connectivity index (χ1) is 15.3. The number of amidine groups is 1. The molecule has 5 nitrogen and oxygen atoms in total. The van der Waals surface area contributed by atoms with Crippen LogP contribution in [0.2, 0.25) is 0 Å². The van der Waals surface area contributed by atoms with Gasteiger partial charge in [0.05, 0.1) is 17.3 Å². The van der Waals surface area contributed by atoms with Crippen LogP contribution in [0.5, 0.6) is 0 Å². The molecule has 0 saturated heterocycles. The van der Waals surface area contributed by atoms with Gasteiger partial charge in [-0.05, 0) is 52.5 Å². The van der Waals surface area contributed by atoms with Gasteiger partial charge in [0.1, 0.15) is 12.5 Å². The van der Waals surface area contributed by atoms with Gasteiger partial charge in [-0.2, -0.15) is 5.10 Å². The molecule has 2 aromatic carbocycles. The van der Waals surface area contributed by atoms with Crippen molar-refractivity contribution in [2.24, 2.45) is 5.10 Å². The van der Waals surface area contributed by atoms with Crippen molar-refractivity contribution < 1.29 is 0 Å². The van der Waals surface area contributed by atoms with Crippen LogP contribution in [-0.4, -0.2) is 23.6 Å². The highest BCUT2D eigenvalue weighted by molar-refractivity contribution is 9.10. The fourth-order valence-electron chi connectivity index (χ4n) is 4.99. The predicted molar refractivity (Wildman–Crippen MR) is 130 cm³/mol. The van der Waals surface area contributed by atoms with E-state index in [1.807, 2.05) is 0 Å². The summed E-state index contributed by atoms with van der Waals surface area (Å²) >= 11 is 3.81. The summed E-state index contributed by atoms with van der Waals surface area (Å²) in [6.45, 7) is 2.49. The van der Waals surface area contributed by atoms with Crippen molar-refractivity contribution in [3.63, 3.8) is 0 Å². The average Bonchev–Trinajstić information content (AvgIpc) is 3.40. The van der Waals surface area contributed by atoms with Crippen LogP contribution in [0.3, 0.4) is 0 Å². The summed E-state index contributed by atoms with van der Waals surface area (Å²) in [4.78, 5) is 2.34. The molecular weight excluding hydrogens is 450 g/mol. The maximum absolute atomic E-state index is 4.71. The minimum absolute atomic E-state index is 0.257. The quantitative estimate of drug-likeness (QED) is 0.524. The molecule has 2 aliphatic heterocycles. The number of benzene rings is 2. The van der Waals surface area contributed by atoms with Crippen LogP contribution < -0.4 is 15.6 Å². The summed E-state index contributed by atoms with van der Waals surface area (Å²) in [5.41, 5.74) is 11.0. The third-order valence-corrected chi connectivity index (χ3v) is 7.04. The number of halogens is 1. The van der Waals surface area contributed by atoms with Crippen LogP contribution in [0.4, 0.5) is 5.69 Å². The lowest BCUT2D eigenvalue weighted by atomic mass is 9.91. The number of anilines is 1. The fourth-order valence-corrected chi connectivity index (χ4v) is 5.53. The van der Waals surface area contributed by atoms with Gasteiger partial charge in [-0.25, -0.2) is 0 Å². The molecule has 1 aliphatic carbocycles. The predicted octanol–water partition coefficient (Wildman–Crippen LogP) is 4.77. The zero-order valence-corrected chi connectivity index (χ0v) is 18.8. The number of nitrogens with zero attached hydrogens (tertiary/aromatic N) is 3. The molecule has 0 radical (unpaired) electrons. The first-order valence-electron chi connectivity index (χ1n) is 10.8. The van der Waals surface area contributed by atoms with Crippen molar-refractivity contribution in [2.45, 2.75) is 25.3 Å². The summed E-state index contributed by atoms with van der Waals surface area (Å²) < 4.78 is 3.54. The fraction of sp³-hybridized carbons (Fsp3) is 0.240. The van der Waals surface area contributed by atoms with E-state index in [0.717, 1.165) is 42.9 Å². The van der Waals surface area contributed by atoms with Gasteiger partial charge in [-0.1, -0.05) is 54.6 Å². The minimum atomic E-state index is 0.257. The molecule has 0 bridgehead atoms. The van der Waals surface area contributed by atoms with Crippen LogP contribution in [0.15, 0.2) is 70.4 Å². The van der Waals surface area contributed by atoms with Crippen LogP contribution in [-0.2, 0) is 13.0 Å². The molecule has 156 valence electrons. The Hall–Kier alpha value is -2.83. The van der Waals surface area contributed by atoms with Crippen molar-refractivity contribution >= 4 is 33.5 Å². The summed E-state index contributed by atoms with van der Waals surface area (Å²) in [5, 5.41) is 8.37. The number of aromatic nitrogens is 1. The number of allylic oxidation sites excluding steroid dienone is 1. The highest BCUT2D eigenvalue weighted by Crippen LogP contribution is 2.45. The van der Waals surface area contributed by atoms with E-state index in [1.54, 1.807) is 0 Å². The van der Waals surface area contributed by atoms with Crippen molar-refractivity contribution in [3.8, 4) is 5.69 Å². The molecule has 3 aliphatic rings. The molecule has 0 spiro atoms. The standard InChI is InChI=1S/C25H24BrN5/c26-21-15-30-23-18(14-27-13-12-17-6-2-1-3-7-17)8-4-11-22(23)31-16-28-29-25(31)20-10-5-9-19(21)24(20)30/h1-9,11,15,20,27-28H,10,12-14,16H2. The van der Waals surface area contributed by atoms with Gasteiger partial charge in [-0.15, -0.1) is 0 Å². The van der Waals surface area contributed by atoms with Gasteiger partial charge in [0, 0.05) is 28.5 Å². The number of hydrogen-bond acceptors (Lipinski definition) is 4. The minimum Gasteiger partial charge on any atom is -0.316 e. The number of rotatable bonds is 5. The molecule has 6 heteroatoms. The maximum Gasteiger partial charge on any atom is 0.140 e. The van der Waals surface area contributed by atoms with E-state index in [4.69, 9.17) is 5.10 Å². The smallest absolute Gasteiger partial charge is 0.140 e. The van der Waals surface area contributed by atoms with Gasteiger partial charge in [0.2, 0.25) is 0 Å². The molecule has 1 atom stereocenters. The second-order valence-electron chi connectivity index (χ2n) is 8.25. The first kappa shape index (κ1) is 18.9. The molecule has 1 aromatic heterocycles. The normalized spacial score (nSPS) is 18.0. The molecule has 3 aromatic rings. The second kappa shape index (κ2) is 7.70. The van der Waals surface area contributed by atoms with Crippen molar-refractivity contribution in [3.05, 3.63) is 87.7 Å². The van der Waals surface area contributed by atoms with Crippen LogP contribution in [0.25, 0.3) is 11.8 Å². The molecule has 0 saturated carbocycles. The molecule has 1 unspecified atom stereocenters. The maximum atomic E-state index is 4.71. The lowest BCUT2D eigenvalue weighted by Gasteiger charge is -2.24. The van der Waals surface area contributed by atoms with Crippen LogP contribution in [0.1, 0.15) is 34.7 Å². The van der Waals surface area contributed by atoms with Crippen molar-refractivity contribution in [1.82, 2.24) is 15.3 Å². The Bertz CT molecular complexity index is 1190. The van der Waals surface area contributed by atoms with E-state index in [2.05, 4.69) is 103 Å². The number of hydrazone groups is 1. The van der Waals surface area contributed by atoms with Gasteiger partial charge >= 0.3 is 0 Å². The lowest BCUT2D eigenvalue weighted by Crippen LogP contribution is -2.32. The van der Waals surface area contributed by atoms with Crippen LogP contribution >= 0.6 is 15.9 Å². The van der Waals surface area contributed by atoms with E-state index in [-0.39, 0.29) is 5.92 Å². The average molecular weight is 474 g/mol. The van der Waals surface area contributed by atoms with Crippen molar-refractivity contribution in [1.29, 1.82) is 0 Å². The van der Waals surface area contributed by atoms with Gasteiger partial charge in [0.15, 0.2) is 0 Å². The number of hydrogen-bond donors (Lipinski definition) is 2. The molecule has 2 N–H and O–H groups in total. The monoisotopic (exact) mass is 473 g/mol. The largest absolute Gasteiger partial charge is 0.316 e. The van der Waals surface area contributed by atoms with E-state index >= 15 is 0 Å². The third kappa shape index (κ3) is 3.13. The van der Waals surface area contributed by atoms with Gasteiger partial charge in [-0.3, -0.25) is 5.43 Å². The zero-order valence-electron chi connectivity index (χ0n) is 17.2. The SMILES string of the molecule is Brc1cn2c3c1C=CCC3C1=NNCN1c1cccc(CNCCc3ccccc3)c1-2. The summed E-state index contributed by atoms with van der Waals surface area (Å²) in [5.74, 6) is 1.37. The van der Waals surface area contributed by atoms with Crippen molar-refractivity contribution in [2.75, 3.05) is 18.1 Å². The Morgan fingerprint density at radius 1 is 1.13 bits per heavy atom. The highest BCUT2D eigenvalue weighted by Gasteiger charge is 2.38. The number of nitrogens with one attached hydrogen (secondary N) is 2. The Kier molecular flexibility index (Phi) is 4.69. The Balaban J connectivity index is 1.38. The van der Waals surface area contributed by atoms with E-state index in [9.17, 15) is 0 Å². The topological polar surface area (TPSA) is 44.6 Å². The highest BCUT2D eigenvalue weighted by atomic mass is 79.9. The summed E-state index contributed by atoms with van der Waals surface area (Å²) in [6.07, 6.45) is 8.74. The van der Waals surface area contributed by atoms with E-state index < -0.39 is 0 Å². The summed E-state index contributed by atoms with van der Waals surface area (Å²) in [7, 11) is 0. The zero-order chi connectivity index (χ0) is 20.8. The van der Waals surface area contributed by atoms with Gasteiger partial charge in [0.25, 0.3) is 0 Å². The van der Waals surface area contributed by atoms with E-state index in [0.29, 0.717) is 0 Å².